The number of aliphatic hydroxyl groups excluding tert-OH is 1. The van der Waals surface area contributed by atoms with Crippen LogP contribution < -0.4 is 4.90 Å². The normalized spacial score (nSPS) is 18.1. The van der Waals surface area contributed by atoms with E-state index in [4.69, 9.17) is 11.6 Å². The fraction of sp³-hybridized carbons (Fsp3) is 0.346. The lowest BCUT2D eigenvalue weighted by Gasteiger charge is -2.36. The Morgan fingerprint density at radius 1 is 1.21 bits per heavy atom. The van der Waals surface area contributed by atoms with Crippen LogP contribution in [0.2, 0.25) is 5.02 Å². The molecule has 176 valence electrons. The van der Waals surface area contributed by atoms with E-state index >= 15 is 4.39 Å². The fourth-order valence-corrected chi connectivity index (χ4v) is 5.29. The summed E-state index contributed by atoms with van der Waals surface area (Å²) in [5.41, 5.74) is 2.36. The van der Waals surface area contributed by atoms with Crippen LogP contribution in [0.1, 0.15) is 42.4 Å². The minimum atomic E-state index is -0.506. The first-order valence-electron chi connectivity index (χ1n) is 11.6. The Kier molecular flexibility index (Phi) is 6.13. The van der Waals surface area contributed by atoms with Gasteiger partial charge in [0.25, 0.3) is 0 Å². The predicted octanol–water partition coefficient (Wildman–Crippen LogP) is 5.00. The number of allylic oxidation sites excluding steroid dienone is 2. The monoisotopic (exact) mass is 480 g/mol. The van der Waals surface area contributed by atoms with Gasteiger partial charge in [-0.1, -0.05) is 42.8 Å². The Bertz CT molecular complexity index is 1290. The van der Waals surface area contributed by atoms with Gasteiger partial charge in [0.2, 0.25) is 5.91 Å². The number of aromatic nitrogens is 2. The highest BCUT2D eigenvalue weighted by Gasteiger charge is 2.29. The van der Waals surface area contributed by atoms with Crippen molar-refractivity contribution in [2.45, 2.75) is 32.1 Å². The van der Waals surface area contributed by atoms with Crippen LogP contribution in [0.25, 0.3) is 10.9 Å². The Morgan fingerprint density at radius 3 is 2.74 bits per heavy atom. The molecule has 2 aromatic carbocycles. The molecule has 1 atom stereocenters. The summed E-state index contributed by atoms with van der Waals surface area (Å²) in [4.78, 5) is 24.9. The highest BCUT2D eigenvalue weighted by Crippen LogP contribution is 2.42. The highest BCUT2D eigenvalue weighted by atomic mass is 35.5. The largest absolute Gasteiger partial charge is 0.512 e. The standard InChI is InChI=1S/C26H26ClFN4O2/c1-2-5-22(34)31-8-10-32(11-9-31)26-20-14-21(27)23(24(28)25(20)29-15-30-26)19-13-17(33)12-16-6-3-4-7-18(16)19/h3-4,6-7,13-15,19,33H,2,5,8-12H2,1H3/t19-/m0/s1. The van der Waals surface area contributed by atoms with Crippen LogP contribution in [-0.2, 0) is 11.2 Å². The third kappa shape index (κ3) is 3.98. The number of rotatable bonds is 4. The molecule has 3 aromatic rings. The van der Waals surface area contributed by atoms with Gasteiger partial charge in [-0.15, -0.1) is 0 Å². The average molecular weight is 481 g/mol. The molecule has 1 aliphatic heterocycles. The maximum absolute atomic E-state index is 16.0. The van der Waals surface area contributed by atoms with Gasteiger partial charge in [-0.2, -0.15) is 0 Å². The Balaban J connectivity index is 1.52. The van der Waals surface area contributed by atoms with Crippen LogP contribution in [-0.4, -0.2) is 52.1 Å². The molecule has 0 radical (unpaired) electrons. The number of piperazine rings is 1. The van der Waals surface area contributed by atoms with Crippen molar-refractivity contribution in [3.8, 4) is 0 Å². The van der Waals surface area contributed by atoms with Crippen molar-refractivity contribution >= 4 is 34.2 Å². The molecule has 2 heterocycles. The van der Waals surface area contributed by atoms with Crippen LogP contribution in [0.5, 0.6) is 0 Å². The van der Waals surface area contributed by atoms with Crippen LogP contribution in [0, 0.1) is 5.82 Å². The third-order valence-electron chi connectivity index (χ3n) is 6.66. The number of carbonyl (C=O) groups is 1. The van der Waals surface area contributed by atoms with Crippen molar-refractivity contribution in [2.24, 2.45) is 0 Å². The molecule has 0 saturated carbocycles. The molecule has 5 rings (SSSR count). The smallest absolute Gasteiger partial charge is 0.222 e. The average Bonchev–Trinajstić information content (AvgIpc) is 2.84. The third-order valence-corrected chi connectivity index (χ3v) is 6.98. The first kappa shape index (κ1) is 22.6. The van der Waals surface area contributed by atoms with E-state index in [1.165, 1.54) is 6.33 Å². The van der Waals surface area contributed by atoms with E-state index in [0.717, 1.165) is 17.5 Å². The maximum atomic E-state index is 16.0. The summed E-state index contributed by atoms with van der Waals surface area (Å²) in [6, 6.07) is 9.40. The molecular formula is C26H26ClFN4O2. The van der Waals surface area contributed by atoms with Crippen LogP contribution in [0.4, 0.5) is 10.2 Å². The number of hydrogen-bond acceptors (Lipinski definition) is 5. The molecule has 1 N–H and O–H groups in total. The molecule has 0 unspecified atom stereocenters. The summed E-state index contributed by atoms with van der Waals surface area (Å²) in [6.07, 6.45) is 4.82. The number of nitrogens with zero attached hydrogens (tertiary/aromatic N) is 4. The van der Waals surface area contributed by atoms with Crippen molar-refractivity contribution in [2.75, 3.05) is 31.1 Å². The van der Waals surface area contributed by atoms with Crippen LogP contribution in [0.3, 0.4) is 0 Å². The maximum Gasteiger partial charge on any atom is 0.222 e. The molecule has 34 heavy (non-hydrogen) atoms. The SMILES string of the molecule is CCCC(=O)N1CCN(c2ncnc3c(F)c([C@H]4C=C(O)Cc5ccccc54)c(Cl)cc23)CC1. The summed E-state index contributed by atoms with van der Waals surface area (Å²) in [7, 11) is 0. The van der Waals surface area contributed by atoms with E-state index in [2.05, 4.69) is 14.9 Å². The molecule has 0 bridgehead atoms. The number of carbonyl (C=O) groups excluding carboxylic acids is 1. The first-order valence-corrected chi connectivity index (χ1v) is 12.0. The zero-order valence-electron chi connectivity index (χ0n) is 19.0. The molecule has 1 aromatic heterocycles. The van der Waals surface area contributed by atoms with Gasteiger partial charge in [-0.25, -0.2) is 14.4 Å². The molecule has 8 heteroatoms. The molecule has 6 nitrogen and oxygen atoms in total. The van der Waals surface area contributed by atoms with Crippen molar-refractivity contribution < 1.29 is 14.3 Å². The van der Waals surface area contributed by atoms with Gasteiger partial charge in [0.1, 0.15) is 17.7 Å². The summed E-state index contributed by atoms with van der Waals surface area (Å²) in [5, 5.41) is 11.1. The van der Waals surface area contributed by atoms with E-state index in [0.29, 0.717) is 55.8 Å². The summed E-state index contributed by atoms with van der Waals surface area (Å²) in [6.45, 7) is 4.41. The van der Waals surface area contributed by atoms with Gasteiger partial charge < -0.3 is 14.9 Å². The highest BCUT2D eigenvalue weighted by molar-refractivity contribution is 6.32. The van der Waals surface area contributed by atoms with Crippen LogP contribution >= 0.6 is 11.6 Å². The summed E-state index contributed by atoms with van der Waals surface area (Å²) >= 11 is 6.69. The van der Waals surface area contributed by atoms with Gasteiger partial charge in [0, 0.05) is 60.9 Å². The second-order valence-electron chi connectivity index (χ2n) is 8.81. The Morgan fingerprint density at radius 2 is 1.97 bits per heavy atom. The molecule has 0 spiro atoms. The van der Waals surface area contributed by atoms with Gasteiger partial charge >= 0.3 is 0 Å². The summed E-state index contributed by atoms with van der Waals surface area (Å²) < 4.78 is 16.0. The lowest BCUT2D eigenvalue weighted by atomic mass is 9.82. The number of anilines is 1. The van der Waals surface area contributed by atoms with E-state index in [9.17, 15) is 9.90 Å². The molecule has 1 saturated heterocycles. The number of fused-ring (bicyclic) bond motifs is 2. The minimum Gasteiger partial charge on any atom is -0.512 e. The van der Waals surface area contributed by atoms with Crippen molar-refractivity contribution in [3.05, 3.63) is 76.0 Å². The Labute approximate surface area is 202 Å². The predicted molar refractivity (Wildman–Crippen MR) is 131 cm³/mol. The second kappa shape index (κ2) is 9.22. The van der Waals surface area contributed by atoms with E-state index in [-0.39, 0.29) is 22.2 Å². The van der Waals surface area contributed by atoms with Crippen molar-refractivity contribution in [3.63, 3.8) is 0 Å². The Hall–Kier alpha value is -3.19. The number of aliphatic hydroxyl groups is 1. The zero-order valence-corrected chi connectivity index (χ0v) is 19.7. The number of benzene rings is 2. The fourth-order valence-electron chi connectivity index (χ4n) is 4.98. The van der Waals surface area contributed by atoms with E-state index in [1.54, 1.807) is 12.1 Å². The van der Waals surface area contributed by atoms with Gasteiger partial charge in [-0.3, -0.25) is 4.79 Å². The van der Waals surface area contributed by atoms with E-state index in [1.807, 2.05) is 36.1 Å². The van der Waals surface area contributed by atoms with E-state index < -0.39 is 11.7 Å². The number of amides is 1. The zero-order chi connectivity index (χ0) is 23.8. The summed E-state index contributed by atoms with van der Waals surface area (Å²) in [5.74, 6) is -0.0416. The van der Waals surface area contributed by atoms with Gasteiger partial charge in [0.15, 0.2) is 5.82 Å². The molecule has 1 aliphatic carbocycles. The second-order valence-corrected chi connectivity index (χ2v) is 9.22. The molecule has 1 fully saturated rings. The van der Waals surface area contributed by atoms with Gasteiger partial charge in [0.05, 0.1) is 5.76 Å². The molecule has 1 amide bonds. The number of halogens is 2. The van der Waals surface area contributed by atoms with Crippen molar-refractivity contribution in [1.82, 2.24) is 14.9 Å². The molecule has 2 aliphatic rings. The number of hydrogen-bond donors (Lipinski definition) is 1. The van der Waals surface area contributed by atoms with Crippen molar-refractivity contribution in [1.29, 1.82) is 0 Å². The lowest BCUT2D eigenvalue weighted by Crippen LogP contribution is -2.49. The lowest BCUT2D eigenvalue weighted by molar-refractivity contribution is -0.131. The first-order chi connectivity index (χ1) is 16.5. The van der Waals surface area contributed by atoms with Gasteiger partial charge in [-0.05, 0) is 29.7 Å². The van der Waals surface area contributed by atoms with Crippen LogP contribution in [0.15, 0.2) is 48.5 Å². The topological polar surface area (TPSA) is 69.6 Å². The quantitative estimate of drug-likeness (QED) is 0.569. The molecular weight excluding hydrogens is 455 g/mol. The minimum absolute atomic E-state index is 0.164.